The summed E-state index contributed by atoms with van der Waals surface area (Å²) >= 11 is 3.43. The van der Waals surface area contributed by atoms with Crippen LogP contribution in [-0.4, -0.2) is 15.4 Å². The molecule has 0 amide bonds. The normalized spacial score (nSPS) is 10.5. The van der Waals surface area contributed by atoms with Crippen molar-refractivity contribution in [3.63, 3.8) is 0 Å². The summed E-state index contributed by atoms with van der Waals surface area (Å²) in [5.41, 5.74) is 3.85. The minimum Gasteiger partial charge on any atom is -0.197 e. The van der Waals surface area contributed by atoms with Crippen LogP contribution in [0, 0.1) is 0 Å². The number of halogens is 1. The highest BCUT2D eigenvalue weighted by atomic mass is 79.9. The molecule has 0 aliphatic rings. The molecule has 4 heteroatoms. The first-order valence-corrected chi connectivity index (χ1v) is 6.36. The first kappa shape index (κ1) is 11.2. The van der Waals surface area contributed by atoms with Gasteiger partial charge < -0.3 is 0 Å². The maximum atomic E-state index is 4.24. The van der Waals surface area contributed by atoms with Crippen LogP contribution < -0.4 is 0 Å². The molecule has 18 heavy (non-hydrogen) atoms. The Morgan fingerprint density at radius 3 is 1.89 bits per heavy atom. The predicted octanol–water partition coefficient (Wildman–Crippen LogP) is 3.90. The van der Waals surface area contributed by atoms with E-state index in [9.17, 15) is 0 Å². The van der Waals surface area contributed by atoms with Gasteiger partial charge in [-0.1, -0.05) is 58.4 Å². The van der Waals surface area contributed by atoms with Gasteiger partial charge in [-0.05, 0) is 12.1 Å². The van der Waals surface area contributed by atoms with Crippen LogP contribution in [0.4, 0.5) is 0 Å². The molecular weight excluding hydrogens is 290 g/mol. The van der Waals surface area contributed by atoms with E-state index in [1.807, 2.05) is 54.6 Å². The molecule has 0 aliphatic carbocycles. The molecule has 3 nitrogen and oxygen atoms in total. The highest BCUT2D eigenvalue weighted by molar-refractivity contribution is 9.10. The second-order valence-electron chi connectivity index (χ2n) is 3.89. The molecule has 0 aliphatic heterocycles. The number of rotatable bonds is 2. The lowest BCUT2D eigenvalue weighted by molar-refractivity contribution is 0.944. The first-order valence-electron chi connectivity index (χ1n) is 5.57. The smallest absolute Gasteiger partial charge is 0.120 e. The fourth-order valence-electron chi connectivity index (χ4n) is 1.84. The van der Waals surface area contributed by atoms with Gasteiger partial charge in [-0.2, -0.15) is 15.4 Å². The molecule has 0 bridgehead atoms. The van der Waals surface area contributed by atoms with Gasteiger partial charge in [-0.15, -0.1) is 0 Å². The zero-order valence-electron chi connectivity index (χ0n) is 9.47. The first-order chi connectivity index (χ1) is 8.84. The third kappa shape index (κ3) is 2.07. The highest BCUT2D eigenvalue weighted by Gasteiger charge is 2.11. The third-order valence-electron chi connectivity index (χ3n) is 2.71. The van der Waals surface area contributed by atoms with Crippen molar-refractivity contribution in [2.45, 2.75) is 0 Å². The van der Waals surface area contributed by atoms with E-state index >= 15 is 0 Å². The van der Waals surface area contributed by atoms with E-state index in [1.165, 1.54) is 0 Å². The number of nitrogens with zero attached hydrogens (tertiary/aromatic N) is 2. The largest absolute Gasteiger partial charge is 0.197 e. The molecule has 0 fully saturated rings. The van der Waals surface area contributed by atoms with E-state index in [1.54, 1.807) is 0 Å². The van der Waals surface area contributed by atoms with Crippen molar-refractivity contribution in [3.8, 4) is 22.5 Å². The van der Waals surface area contributed by atoms with Gasteiger partial charge in [0.05, 0.1) is 0 Å². The number of H-pyrrole nitrogens is 1. The number of benzene rings is 2. The fourth-order valence-corrected chi connectivity index (χ4v) is 2.10. The van der Waals surface area contributed by atoms with Crippen LogP contribution in [0.15, 0.2) is 59.1 Å². The van der Waals surface area contributed by atoms with Crippen LogP contribution in [0.1, 0.15) is 0 Å². The topological polar surface area (TPSA) is 41.6 Å². The number of hydrogen-bond donors (Lipinski definition) is 1. The Morgan fingerprint density at radius 1 is 0.722 bits per heavy atom. The van der Waals surface area contributed by atoms with Crippen molar-refractivity contribution in [1.82, 2.24) is 15.4 Å². The Balaban J connectivity index is 2.10. The van der Waals surface area contributed by atoms with Crippen molar-refractivity contribution in [2.24, 2.45) is 0 Å². The van der Waals surface area contributed by atoms with Crippen molar-refractivity contribution < 1.29 is 0 Å². The molecule has 1 heterocycles. The standard InChI is InChI=1S/C14H10BrN3/c15-12-8-6-11(7-9-12)14-13(16-18-17-14)10-4-2-1-3-5-10/h1-9H,(H,16,17,18). The summed E-state index contributed by atoms with van der Waals surface area (Å²) in [7, 11) is 0. The van der Waals surface area contributed by atoms with Crippen LogP contribution in [0.3, 0.4) is 0 Å². The van der Waals surface area contributed by atoms with Crippen molar-refractivity contribution in [1.29, 1.82) is 0 Å². The van der Waals surface area contributed by atoms with Crippen LogP contribution in [0.25, 0.3) is 22.5 Å². The summed E-state index contributed by atoms with van der Waals surface area (Å²) in [6.45, 7) is 0. The Morgan fingerprint density at radius 2 is 1.28 bits per heavy atom. The van der Waals surface area contributed by atoms with E-state index in [0.29, 0.717) is 0 Å². The molecule has 3 rings (SSSR count). The molecule has 0 atom stereocenters. The number of nitrogens with one attached hydrogen (secondary N) is 1. The molecule has 0 radical (unpaired) electrons. The predicted molar refractivity (Wildman–Crippen MR) is 75.0 cm³/mol. The average Bonchev–Trinajstić information content (AvgIpc) is 2.90. The Kier molecular flexibility index (Phi) is 2.94. The molecule has 88 valence electrons. The number of hydrogen-bond acceptors (Lipinski definition) is 2. The summed E-state index contributed by atoms with van der Waals surface area (Å²) in [5, 5.41) is 11.2. The molecule has 1 N–H and O–H groups in total. The van der Waals surface area contributed by atoms with Gasteiger partial charge in [0, 0.05) is 15.6 Å². The van der Waals surface area contributed by atoms with Crippen molar-refractivity contribution >= 4 is 15.9 Å². The van der Waals surface area contributed by atoms with E-state index in [-0.39, 0.29) is 0 Å². The highest BCUT2D eigenvalue weighted by Crippen LogP contribution is 2.28. The second kappa shape index (κ2) is 4.74. The molecule has 2 aromatic carbocycles. The lowest BCUT2D eigenvalue weighted by atomic mass is 10.1. The van der Waals surface area contributed by atoms with Crippen LogP contribution in [0.2, 0.25) is 0 Å². The van der Waals surface area contributed by atoms with Crippen LogP contribution in [0.5, 0.6) is 0 Å². The minimum absolute atomic E-state index is 0.869. The zero-order valence-corrected chi connectivity index (χ0v) is 11.1. The maximum Gasteiger partial charge on any atom is 0.120 e. The Labute approximate surface area is 113 Å². The lowest BCUT2D eigenvalue weighted by Gasteiger charge is -2.01. The van der Waals surface area contributed by atoms with Gasteiger partial charge in [0.2, 0.25) is 0 Å². The van der Waals surface area contributed by atoms with Gasteiger partial charge in [0.25, 0.3) is 0 Å². The summed E-state index contributed by atoms with van der Waals surface area (Å²) < 4.78 is 1.05. The fraction of sp³-hybridized carbons (Fsp3) is 0. The molecule has 1 aromatic heterocycles. The van der Waals surface area contributed by atoms with Crippen LogP contribution >= 0.6 is 15.9 Å². The van der Waals surface area contributed by atoms with Gasteiger partial charge in [0.15, 0.2) is 0 Å². The van der Waals surface area contributed by atoms with Gasteiger partial charge >= 0.3 is 0 Å². The average molecular weight is 300 g/mol. The van der Waals surface area contributed by atoms with Crippen LogP contribution in [-0.2, 0) is 0 Å². The summed E-state index contributed by atoms with van der Waals surface area (Å²) in [5.74, 6) is 0. The number of aromatic nitrogens is 3. The van der Waals surface area contributed by atoms with Crippen molar-refractivity contribution in [3.05, 3.63) is 59.1 Å². The third-order valence-corrected chi connectivity index (χ3v) is 3.24. The minimum atomic E-state index is 0.869. The van der Waals surface area contributed by atoms with E-state index in [0.717, 1.165) is 27.0 Å². The lowest BCUT2D eigenvalue weighted by Crippen LogP contribution is -1.83. The summed E-state index contributed by atoms with van der Waals surface area (Å²) in [6.07, 6.45) is 0. The SMILES string of the molecule is Brc1ccc(-c2n[nH]nc2-c2ccccc2)cc1. The number of aromatic amines is 1. The van der Waals surface area contributed by atoms with Crippen molar-refractivity contribution in [2.75, 3.05) is 0 Å². The quantitative estimate of drug-likeness (QED) is 0.780. The zero-order chi connectivity index (χ0) is 12.4. The van der Waals surface area contributed by atoms with E-state index in [4.69, 9.17) is 0 Å². The maximum absolute atomic E-state index is 4.24. The van der Waals surface area contributed by atoms with Gasteiger partial charge in [-0.3, -0.25) is 0 Å². The van der Waals surface area contributed by atoms with E-state index < -0.39 is 0 Å². The monoisotopic (exact) mass is 299 g/mol. The second-order valence-corrected chi connectivity index (χ2v) is 4.81. The molecule has 0 spiro atoms. The molecular formula is C14H10BrN3. The Hall–Kier alpha value is -1.94. The molecule has 0 unspecified atom stereocenters. The van der Waals surface area contributed by atoms with Gasteiger partial charge in [-0.25, -0.2) is 0 Å². The molecule has 0 saturated heterocycles. The Bertz CT molecular complexity index is 644. The molecule has 0 saturated carbocycles. The summed E-state index contributed by atoms with van der Waals surface area (Å²) in [4.78, 5) is 0. The van der Waals surface area contributed by atoms with E-state index in [2.05, 4.69) is 31.3 Å². The summed E-state index contributed by atoms with van der Waals surface area (Å²) in [6, 6.07) is 18.1. The molecule has 3 aromatic rings. The van der Waals surface area contributed by atoms with Gasteiger partial charge in [0.1, 0.15) is 11.4 Å².